The molecule has 0 unspecified atom stereocenters. The average Bonchev–Trinajstić information content (AvgIpc) is 2.52. The van der Waals surface area contributed by atoms with E-state index in [2.05, 4.69) is 21.2 Å². The van der Waals surface area contributed by atoms with Gasteiger partial charge in [0.25, 0.3) is 5.91 Å². The number of nitrogens with one attached hydrogen (secondary N) is 1. The number of carbonyl (C=O) groups excluding carboxylic acids is 1. The Morgan fingerprint density at radius 1 is 1.04 bits per heavy atom. The summed E-state index contributed by atoms with van der Waals surface area (Å²) in [4.78, 5) is 12.3. The zero-order chi connectivity index (χ0) is 18.8. The van der Waals surface area contributed by atoms with Gasteiger partial charge in [-0.25, -0.2) is 8.42 Å². The van der Waals surface area contributed by atoms with Crippen LogP contribution in [0.2, 0.25) is 0 Å². The summed E-state index contributed by atoms with van der Waals surface area (Å²) in [6, 6.07) is 12.4. The summed E-state index contributed by atoms with van der Waals surface area (Å²) in [6.45, 7) is 1.86. The van der Waals surface area contributed by atoms with Crippen LogP contribution < -0.4 is 5.32 Å². The van der Waals surface area contributed by atoms with E-state index in [1.165, 1.54) is 12.1 Å². The first kappa shape index (κ1) is 20.5. The molecule has 2 aromatic carbocycles. The van der Waals surface area contributed by atoms with Crippen LogP contribution in [0.15, 0.2) is 57.9 Å². The Balaban J connectivity index is 2.38. The highest BCUT2D eigenvalue weighted by molar-refractivity contribution is 9.10. The molecule has 0 saturated carbocycles. The molecule has 0 spiro atoms. The van der Waals surface area contributed by atoms with Gasteiger partial charge in [0.1, 0.15) is 0 Å². The fraction of sp³-hybridized carbons (Fsp3) is 0.188. The smallest absolute Gasteiger partial charge is 0.252 e. The molecule has 134 valence electrons. The monoisotopic (exact) mass is 483 g/mol. The molecule has 1 atom stereocenters. The Morgan fingerprint density at radius 2 is 1.56 bits per heavy atom. The number of carbonyl (C=O) groups is 1. The SMILES string of the molecule is Cc1ccc(C(=O)N[C@@H](C(Cl)(Cl)Cl)S(=O)(=O)c2ccc(Br)cc2)cc1. The third-order valence-electron chi connectivity index (χ3n) is 3.33. The number of hydrogen-bond donors (Lipinski definition) is 1. The van der Waals surface area contributed by atoms with Crippen molar-refractivity contribution in [2.75, 3.05) is 0 Å². The molecule has 4 nitrogen and oxygen atoms in total. The summed E-state index contributed by atoms with van der Waals surface area (Å²) in [7, 11) is -4.14. The van der Waals surface area contributed by atoms with E-state index in [9.17, 15) is 13.2 Å². The van der Waals surface area contributed by atoms with Crippen LogP contribution in [0, 0.1) is 6.92 Å². The van der Waals surface area contributed by atoms with Gasteiger partial charge in [-0.05, 0) is 43.3 Å². The maximum atomic E-state index is 12.8. The molecule has 0 fully saturated rings. The lowest BCUT2D eigenvalue weighted by Gasteiger charge is -2.25. The van der Waals surface area contributed by atoms with Crippen molar-refractivity contribution < 1.29 is 13.2 Å². The number of alkyl halides is 3. The minimum atomic E-state index is -4.14. The number of sulfone groups is 1. The van der Waals surface area contributed by atoms with Crippen LogP contribution in [0.4, 0.5) is 0 Å². The van der Waals surface area contributed by atoms with E-state index in [-0.39, 0.29) is 10.5 Å². The molecular formula is C16H13BrCl3NO3S. The van der Waals surface area contributed by atoms with E-state index >= 15 is 0 Å². The van der Waals surface area contributed by atoms with Gasteiger partial charge in [-0.3, -0.25) is 4.79 Å². The van der Waals surface area contributed by atoms with E-state index in [4.69, 9.17) is 34.8 Å². The molecule has 0 aliphatic heterocycles. The number of aryl methyl sites for hydroxylation is 1. The predicted octanol–water partition coefficient (Wildman–Crippen LogP) is 4.66. The number of benzene rings is 2. The Morgan fingerprint density at radius 3 is 2.04 bits per heavy atom. The summed E-state index contributed by atoms with van der Waals surface area (Å²) < 4.78 is 24.1. The molecule has 1 N–H and O–H groups in total. The lowest BCUT2D eigenvalue weighted by molar-refractivity contribution is 0.0948. The average molecular weight is 486 g/mol. The molecule has 25 heavy (non-hydrogen) atoms. The summed E-state index contributed by atoms with van der Waals surface area (Å²) in [5, 5.41) is 0.562. The molecule has 0 saturated heterocycles. The van der Waals surface area contributed by atoms with E-state index in [0.29, 0.717) is 4.47 Å². The first-order valence-electron chi connectivity index (χ1n) is 6.95. The molecule has 2 rings (SSSR count). The van der Waals surface area contributed by atoms with Crippen LogP contribution in [0.1, 0.15) is 15.9 Å². The summed E-state index contributed by atoms with van der Waals surface area (Å²) in [6.07, 6.45) is 0. The molecule has 0 aliphatic carbocycles. The van der Waals surface area contributed by atoms with Gasteiger partial charge in [0.2, 0.25) is 13.6 Å². The summed E-state index contributed by atoms with van der Waals surface area (Å²) in [5.41, 5.74) is 1.22. The molecule has 0 aliphatic rings. The third kappa shape index (κ3) is 5.11. The fourth-order valence-corrected chi connectivity index (χ4v) is 4.89. The molecule has 0 aromatic heterocycles. The van der Waals surface area contributed by atoms with Gasteiger partial charge in [0, 0.05) is 10.0 Å². The fourth-order valence-electron chi connectivity index (χ4n) is 2.00. The lowest BCUT2D eigenvalue weighted by atomic mass is 10.1. The van der Waals surface area contributed by atoms with E-state index in [1.807, 2.05) is 6.92 Å². The van der Waals surface area contributed by atoms with Gasteiger partial charge < -0.3 is 5.32 Å². The third-order valence-corrected chi connectivity index (χ3v) is 6.92. The summed E-state index contributed by atoms with van der Waals surface area (Å²) in [5.74, 6) is -0.656. The number of rotatable bonds is 4. The zero-order valence-corrected chi connectivity index (χ0v) is 17.5. The van der Waals surface area contributed by atoms with E-state index in [0.717, 1.165) is 5.56 Å². The molecule has 0 radical (unpaired) electrons. The van der Waals surface area contributed by atoms with Crippen LogP contribution in [0.5, 0.6) is 0 Å². The Labute approximate surface area is 169 Å². The van der Waals surface area contributed by atoms with Gasteiger partial charge in [0.15, 0.2) is 5.37 Å². The largest absolute Gasteiger partial charge is 0.332 e. The molecule has 9 heteroatoms. The lowest BCUT2D eigenvalue weighted by Crippen LogP contribution is -2.49. The summed E-state index contributed by atoms with van der Waals surface area (Å²) >= 11 is 20.8. The Kier molecular flexibility index (Phi) is 6.44. The first-order valence-corrected chi connectivity index (χ1v) is 10.4. The second-order valence-electron chi connectivity index (χ2n) is 5.26. The maximum absolute atomic E-state index is 12.8. The normalized spacial score (nSPS) is 13.3. The van der Waals surface area contributed by atoms with Crippen LogP contribution in [-0.4, -0.2) is 23.5 Å². The van der Waals surface area contributed by atoms with Crippen LogP contribution in [0.3, 0.4) is 0 Å². The van der Waals surface area contributed by atoms with Gasteiger partial charge in [-0.1, -0.05) is 68.4 Å². The van der Waals surface area contributed by atoms with Crippen LogP contribution in [-0.2, 0) is 9.84 Å². The van der Waals surface area contributed by atoms with Crippen molar-refractivity contribution in [2.45, 2.75) is 21.0 Å². The molecule has 1 amide bonds. The van der Waals surface area contributed by atoms with Crippen molar-refractivity contribution in [3.63, 3.8) is 0 Å². The highest BCUT2D eigenvalue weighted by Gasteiger charge is 2.44. The van der Waals surface area contributed by atoms with Crippen LogP contribution in [0.25, 0.3) is 0 Å². The van der Waals surface area contributed by atoms with E-state index in [1.54, 1.807) is 36.4 Å². The molecule has 0 bridgehead atoms. The van der Waals surface area contributed by atoms with Gasteiger partial charge in [-0.15, -0.1) is 0 Å². The molecule has 0 heterocycles. The number of hydrogen-bond acceptors (Lipinski definition) is 3. The first-order chi connectivity index (χ1) is 11.5. The van der Waals surface area contributed by atoms with Crippen molar-refractivity contribution >= 4 is 66.5 Å². The quantitative estimate of drug-likeness (QED) is 0.641. The topological polar surface area (TPSA) is 63.2 Å². The highest BCUT2D eigenvalue weighted by Crippen LogP contribution is 2.36. The minimum absolute atomic E-state index is 0.0729. The second-order valence-corrected chi connectivity index (χ2v) is 10.6. The van der Waals surface area contributed by atoms with E-state index < -0.39 is 24.9 Å². The van der Waals surface area contributed by atoms with Crippen LogP contribution >= 0.6 is 50.7 Å². The van der Waals surface area contributed by atoms with Crippen molar-refractivity contribution in [1.29, 1.82) is 0 Å². The Hall–Kier alpha value is -0.790. The van der Waals surface area contributed by atoms with Crippen molar-refractivity contribution in [3.8, 4) is 0 Å². The predicted molar refractivity (Wildman–Crippen MR) is 104 cm³/mol. The highest BCUT2D eigenvalue weighted by atomic mass is 79.9. The second kappa shape index (κ2) is 7.84. The van der Waals surface area contributed by atoms with Gasteiger partial charge in [0.05, 0.1) is 4.90 Å². The van der Waals surface area contributed by atoms with Crippen molar-refractivity contribution in [2.24, 2.45) is 0 Å². The maximum Gasteiger partial charge on any atom is 0.252 e. The van der Waals surface area contributed by atoms with Crippen molar-refractivity contribution in [3.05, 3.63) is 64.1 Å². The standard InChI is InChI=1S/C16H13BrCl3NO3S/c1-10-2-4-11(5-3-10)14(22)21-15(16(18,19)20)25(23,24)13-8-6-12(17)7-9-13/h2-9,15H,1H3,(H,21,22)/t15-/m1/s1. The zero-order valence-electron chi connectivity index (χ0n) is 12.8. The van der Waals surface area contributed by atoms with Gasteiger partial charge >= 0.3 is 0 Å². The number of amides is 1. The molecular weight excluding hydrogens is 473 g/mol. The van der Waals surface area contributed by atoms with Crippen molar-refractivity contribution in [1.82, 2.24) is 5.32 Å². The number of halogens is 4. The minimum Gasteiger partial charge on any atom is -0.332 e. The molecule has 2 aromatic rings. The van der Waals surface area contributed by atoms with Gasteiger partial charge in [-0.2, -0.15) is 0 Å². The Bertz CT molecular complexity index is 863.